The minimum absolute atomic E-state index is 0.0193. The normalized spacial score (nSPS) is 34.0. The van der Waals surface area contributed by atoms with E-state index in [1.807, 2.05) is 0 Å². The molecule has 126 valence electrons. The number of ether oxygens (including phenoxy) is 1. The van der Waals surface area contributed by atoms with Crippen molar-refractivity contribution in [1.82, 2.24) is 0 Å². The predicted octanol–water partition coefficient (Wildman–Crippen LogP) is 0.742. The molecule has 1 aromatic rings. The first-order valence-corrected chi connectivity index (χ1v) is 7.30. The number of anilines is 1. The van der Waals surface area contributed by atoms with Crippen molar-refractivity contribution in [3.05, 3.63) is 42.0 Å². The standard InChI is InChI=1S/C16H12F3NO4/c17-16(18,19)8-2-1-3-9(6-8)20-7-15-5-4-10(24-15)11(14(22)23)12(15)13(20)21/h1-6,10-12H,7H2,(H,22,23)/p-1/t10-,11-,12+,15+/m0/s1. The largest absolute Gasteiger partial charge is 0.550 e. The summed E-state index contributed by atoms with van der Waals surface area (Å²) >= 11 is 0. The number of carboxylic acid groups (broad SMARTS) is 1. The van der Waals surface area contributed by atoms with Crippen molar-refractivity contribution in [2.45, 2.75) is 17.9 Å². The van der Waals surface area contributed by atoms with Gasteiger partial charge in [0, 0.05) is 17.6 Å². The van der Waals surface area contributed by atoms with Gasteiger partial charge in [-0.2, -0.15) is 13.2 Å². The molecule has 0 aliphatic carbocycles. The smallest absolute Gasteiger partial charge is 0.416 e. The highest BCUT2D eigenvalue weighted by Crippen LogP contribution is 2.52. The SMILES string of the molecule is O=C([O-])[C@H]1[C@@H]2C=C[C@]3(CN(c4cccc(C(F)(F)F)c4)C(=O)[C@@H]13)O2. The topological polar surface area (TPSA) is 69.7 Å². The molecule has 5 nitrogen and oxygen atoms in total. The second kappa shape index (κ2) is 4.60. The summed E-state index contributed by atoms with van der Waals surface area (Å²) in [6, 6.07) is 4.38. The van der Waals surface area contributed by atoms with Gasteiger partial charge in [0.25, 0.3) is 0 Å². The molecule has 0 aromatic heterocycles. The van der Waals surface area contributed by atoms with Crippen LogP contribution in [0.25, 0.3) is 0 Å². The Balaban J connectivity index is 1.72. The quantitative estimate of drug-likeness (QED) is 0.746. The molecule has 4 rings (SSSR count). The van der Waals surface area contributed by atoms with Crippen molar-refractivity contribution >= 4 is 17.6 Å². The zero-order valence-electron chi connectivity index (χ0n) is 12.1. The lowest BCUT2D eigenvalue weighted by atomic mass is 9.77. The van der Waals surface area contributed by atoms with Crippen LogP contribution in [0.1, 0.15) is 5.56 Å². The van der Waals surface area contributed by atoms with Crippen LogP contribution in [0.5, 0.6) is 0 Å². The van der Waals surface area contributed by atoms with Crippen LogP contribution in [0.3, 0.4) is 0 Å². The van der Waals surface area contributed by atoms with Gasteiger partial charge in [0.1, 0.15) is 5.60 Å². The summed E-state index contributed by atoms with van der Waals surface area (Å²) in [5.74, 6) is -4.06. The number of amides is 1. The number of alkyl halides is 3. The molecular weight excluding hydrogens is 327 g/mol. The van der Waals surface area contributed by atoms with E-state index >= 15 is 0 Å². The minimum atomic E-state index is -4.53. The van der Waals surface area contributed by atoms with Gasteiger partial charge in [-0.25, -0.2) is 0 Å². The first-order chi connectivity index (χ1) is 11.2. The first kappa shape index (κ1) is 15.2. The number of halogens is 3. The molecule has 1 aromatic carbocycles. The van der Waals surface area contributed by atoms with E-state index in [0.717, 1.165) is 17.0 Å². The van der Waals surface area contributed by atoms with Crippen molar-refractivity contribution in [1.29, 1.82) is 0 Å². The average molecular weight is 338 g/mol. The van der Waals surface area contributed by atoms with Gasteiger partial charge < -0.3 is 19.5 Å². The van der Waals surface area contributed by atoms with Crippen molar-refractivity contribution in [2.24, 2.45) is 11.8 Å². The van der Waals surface area contributed by atoms with Crippen LogP contribution in [0.15, 0.2) is 36.4 Å². The van der Waals surface area contributed by atoms with Gasteiger partial charge in [0.2, 0.25) is 5.91 Å². The number of hydrogen-bond donors (Lipinski definition) is 0. The van der Waals surface area contributed by atoms with Crippen LogP contribution < -0.4 is 10.0 Å². The number of fused-ring (bicyclic) bond motifs is 1. The Bertz CT molecular complexity index is 775. The summed E-state index contributed by atoms with van der Waals surface area (Å²) in [6.45, 7) is -0.0193. The van der Waals surface area contributed by atoms with Gasteiger partial charge in [0.15, 0.2) is 0 Å². The molecule has 8 heteroatoms. The number of rotatable bonds is 2. The summed E-state index contributed by atoms with van der Waals surface area (Å²) in [7, 11) is 0. The fraction of sp³-hybridized carbons (Fsp3) is 0.375. The van der Waals surface area contributed by atoms with E-state index in [9.17, 15) is 27.9 Å². The van der Waals surface area contributed by atoms with Crippen LogP contribution >= 0.6 is 0 Å². The minimum Gasteiger partial charge on any atom is -0.550 e. The molecule has 3 heterocycles. The van der Waals surface area contributed by atoms with Gasteiger partial charge in [-0.05, 0) is 18.2 Å². The number of nitrogens with zero attached hydrogens (tertiary/aromatic N) is 1. The molecule has 1 spiro atoms. The van der Waals surface area contributed by atoms with Crippen LogP contribution in [0, 0.1) is 11.8 Å². The van der Waals surface area contributed by atoms with E-state index in [1.54, 1.807) is 12.2 Å². The monoisotopic (exact) mass is 338 g/mol. The molecule has 0 radical (unpaired) electrons. The lowest BCUT2D eigenvalue weighted by Crippen LogP contribution is -2.45. The van der Waals surface area contributed by atoms with Crippen LogP contribution in [-0.2, 0) is 20.5 Å². The third-order valence-corrected chi connectivity index (χ3v) is 4.86. The average Bonchev–Trinajstić information content (AvgIpc) is 3.15. The molecule has 0 N–H and O–H groups in total. The van der Waals surface area contributed by atoms with E-state index in [4.69, 9.17) is 4.74 Å². The molecule has 3 aliphatic heterocycles. The molecule has 3 aliphatic rings. The molecule has 2 bridgehead atoms. The highest BCUT2D eigenvalue weighted by molar-refractivity contribution is 6.02. The molecule has 24 heavy (non-hydrogen) atoms. The first-order valence-electron chi connectivity index (χ1n) is 7.30. The Hall–Kier alpha value is -2.35. The second-order valence-corrected chi connectivity index (χ2v) is 6.19. The fourth-order valence-corrected chi connectivity index (χ4v) is 3.84. The van der Waals surface area contributed by atoms with Crippen molar-refractivity contribution in [3.8, 4) is 0 Å². The third-order valence-electron chi connectivity index (χ3n) is 4.86. The number of aliphatic carboxylic acids is 1. The number of carboxylic acids is 1. The van der Waals surface area contributed by atoms with Gasteiger partial charge >= 0.3 is 6.18 Å². The lowest BCUT2D eigenvalue weighted by Gasteiger charge is -2.24. The molecule has 0 unspecified atom stereocenters. The summed E-state index contributed by atoms with van der Waals surface area (Å²) < 4.78 is 44.3. The van der Waals surface area contributed by atoms with Crippen LogP contribution in [0.2, 0.25) is 0 Å². The molecular formula is C16H11F3NO4-. The number of carbonyl (C=O) groups is 2. The predicted molar refractivity (Wildman–Crippen MR) is 72.5 cm³/mol. The lowest BCUT2D eigenvalue weighted by molar-refractivity contribution is -0.313. The van der Waals surface area contributed by atoms with Crippen molar-refractivity contribution < 1.29 is 32.6 Å². The van der Waals surface area contributed by atoms with Crippen LogP contribution in [-0.4, -0.2) is 30.1 Å². The number of carbonyl (C=O) groups excluding carboxylic acids is 2. The Morgan fingerprint density at radius 2 is 2.12 bits per heavy atom. The van der Waals surface area contributed by atoms with Crippen LogP contribution in [0.4, 0.5) is 18.9 Å². The summed E-state index contributed by atoms with van der Waals surface area (Å²) in [4.78, 5) is 25.2. The Morgan fingerprint density at radius 1 is 1.38 bits per heavy atom. The molecule has 4 atom stereocenters. The maximum atomic E-state index is 12.9. The van der Waals surface area contributed by atoms with Crippen molar-refractivity contribution in [2.75, 3.05) is 11.4 Å². The summed E-state index contributed by atoms with van der Waals surface area (Å²) in [6.07, 6.45) is -2.06. The second-order valence-electron chi connectivity index (χ2n) is 6.19. The van der Waals surface area contributed by atoms with E-state index in [-0.39, 0.29) is 12.2 Å². The highest BCUT2D eigenvalue weighted by Gasteiger charge is 2.65. The van der Waals surface area contributed by atoms with E-state index < -0.39 is 47.2 Å². The molecule has 1 amide bonds. The third kappa shape index (κ3) is 1.92. The van der Waals surface area contributed by atoms with Crippen molar-refractivity contribution in [3.63, 3.8) is 0 Å². The summed E-state index contributed by atoms with van der Waals surface area (Å²) in [5.41, 5.74) is -1.92. The van der Waals surface area contributed by atoms with E-state index in [2.05, 4.69) is 0 Å². The Morgan fingerprint density at radius 3 is 2.79 bits per heavy atom. The number of hydrogen-bond acceptors (Lipinski definition) is 4. The highest BCUT2D eigenvalue weighted by atomic mass is 19.4. The Labute approximate surface area is 134 Å². The Kier molecular flexibility index (Phi) is 2.91. The van der Waals surface area contributed by atoms with Gasteiger partial charge in [0.05, 0.1) is 24.1 Å². The van der Waals surface area contributed by atoms with E-state index in [1.165, 1.54) is 12.1 Å². The summed E-state index contributed by atoms with van der Waals surface area (Å²) in [5, 5.41) is 11.4. The zero-order chi connectivity index (χ0) is 17.3. The van der Waals surface area contributed by atoms with Gasteiger partial charge in [-0.1, -0.05) is 18.2 Å². The fourth-order valence-electron chi connectivity index (χ4n) is 3.84. The molecule has 2 fully saturated rings. The number of benzene rings is 1. The maximum absolute atomic E-state index is 12.9. The van der Waals surface area contributed by atoms with Gasteiger partial charge in [-0.3, -0.25) is 4.79 Å². The molecule has 0 saturated carbocycles. The van der Waals surface area contributed by atoms with E-state index in [0.29, 0.717) is 0 Å². The molecule has 2 saturated heterocycles. The zero-order valence-corrected chi connectivity index (χ0v) is 12.1. The van der Waals surface area contributed by atoms with Gasteiger partial charge in [-0.15, -0.1) is 0 Å². The maximum Gasteiger partial charge on any atom is 0.416 e.